The van der Waals surface area contributed by atoms with Gasteiger partial charge in [-0.3, -0.25) is 9.98 Å². The first-order valence-corrected chi connectivity index (χ1v) is 24.5. The van der Waals surface area contributed by atoms with Gasteiger partial charge in [0.25, 0.3) is 0 Å². The summed E-state index contributed by atoms with van der Waals surface area (Å²) in [5.41, 5.74) is 8.56. The molecule has 0 fully saturated rings. The van der Waals surface area contributed by atoms with Gasteiger partial charge in [0.1, 0.15) is 0 Å². The standard InChI is InChI=1S/C54H88N2.Pd/c1-6-11-16-18-20-21-22-23-24-25-26-27-28-29-30-34-36-48-41-43-51(44-42-48)55-53(39-15-10-5)54(40-35-31-19-17-12-7-2)56-52-46-49(37-32-13-8-3)45-50(47-52)38-33-14-9-4;/h41-47H,6-33,35,37-40H2,1-5H3;/b55-53+,56-54+;. The van der Waals surface area contributed by atoms with Gasteiger partial charge in [-0.2, -0.15) is 0 Å². The van der Waals surface area contributed by atoms with Crippen molar-refractivity contribution in [2.45, 2.75) is 247 Å². The summed E-state index contributed by atoms with van der Waals surface area (Å²) in [6.07, 6.45) is 42.5. The van der Waals surface area contributed by atoms with Gasteiger partial charge in [0.2, 0.25) is 0 Å². The molecule has 0 bridgehead atoms. The Labute approximate surface area is 368 Å². The van der Waals surface area contributed by atoms with Crippen molar-refractivity contribution in [2.75, 3.05) is 0 Å². The fourth-order valence-corrected chi connectivity index (χ4v) is 7.70. The Kier molecular flexibility index (Phi) is 35.6. The Morgan fingerprint density at radius 2 is 0.789 bits per heavy atom. The molecule has 2 aromatic carbocycles. The summed E-state index contributed by atoms with van der Waals surface area (Å²) in [6.45, 7) is 11.5. The number of rotatable bonds is 35. The second-order valence-corrected chi connectivity index (χ2v) is 16.9. The zero-order chi connectivity index (χ0) is 40.2. The normalized spacial score (nSPS) is 11.7. The number of nitrogens with zero attached hydrogens (tertiary/aromatic N) is 2. The van der Waals surface area contributed by atoms with E-state index in [0.29, 0.717) is 0 Å². The second-order valence-electron chi connectivity index (χ2n) is 16.9. The van der Waals surface area contributed by atoms with Crippen LogP contribution in [0.2, 0.25) is 0 Å². The maximum atomic E-state index is 5.51. The monoisotopic (exact) mass is 871 g/mol. The van der Waals surface area contributed by atoms with Crippen LogP contribution in [-0.2, 0) is 33.3 Å². The molecule has 57 heavy (non-hydrogen) atoms. The van der Waals surface area contributed by atoms with Gasteiger partial charge in [-0.1, -0.05) is 200 Å². The van der Waals surface area contributed by atoms with Crippen LogP contribution in [0.5, 0.6) is 0 Å². The molecule has 324 valence electrons. The Morgan fingerprint density at radius 3 is 1.26 bits per heavy atom. The summed E-state index contributed by atoms with van der Waals surface area (Å²) >= 11 is 0. The number of aliphatic imine (C=N–C) groups is 2. The number of hydrogen-bond donors (Lipinski definition) is 0. The minimum Gasteiger partial charge on any atom is -0.252 e. The van der Waals surface area contributed by atoms with Crippen LogP contribution in [0.25, 0.3) is 0 Å². The molecule has 2 aromatic rings. The molecule has 0 aliphatic heterocycles. The molecule has 0 heterocycles. The Morgan fingerprint density at radius 1 is 0.404 bits per heavy atom. The van der Waals surface area contributed by atoms with Gasteiger partial charge in [-0.15, -0.1) is 0 Å². The Hall–Kier alpha value is -2.00. The summed E-state index contributed by atoms with van der Waals surface area (Å²) in [5.74, 6) is 6.89. The number of benzene rings is 2. The third-order valence-corrected chi connectivity index (χ3v) is 11.3. The molecule has 3 heteroatoms. The molecule has 0 saturated heterocycles. The minimum atomic E-state index is 0. The maximum Gasteiger partial charge on any atom is 0.0639 e. The third kappa shape index (κ3) is 28.2. The summed E-state index contributed by atoms with van der Waals surface area (Å²) < 4.78 is 0. The molecular weight excluding hydrogens is 783 g/mol. The van der Waals surface area contributed by atoms with Crippen molar-refractivity contribution >= 4 is 22.8 Å². The van der Waals surface area contributed by atoms with Crippen molar-refractivity contribution in [3.05, 3.63) is 59.2 Å². The van der Waals surface area contributed by atoms with Crippen LogP contribution in [0.3, 0.4) is 0 Å². The smallest absolute Gasteiger partial charge is 0.0639 e. The van der Waals surface area contributed by atoms with E-state index < -0.39 is 0 Å². The van der Waals surface area contributed by atoms with E-state index in [1.54, 1.807) is 0 Å². The van der Waals surface area contributed by atoms with Crippen molar-refractivity contribution in [3.63, 3.8) is 0 Å². The van der Waals surface area contributed by atoms with Crippen LogP contribution in [-0.4, -0.2) is 11.4 Å². The van der Waals surface area contributed by atoms with E-state index in [1.165, 1.54) is 189 Å². The van der Waals surface area contributed by atoms with Gasteiger partial charge in [0, 0.05) is 32.4 Å². The minimum absolute atomic E-state index is 0. The van der Waals surface area contributed by atoms with Crippen LogP contribution in [0, 0.1) is 11.8 Å². The summed E-state index contributed by atoms with van der Waals surface area (Å²) in [6, 6.07) is 15.9. The molecule has 2 rings (SSSR count). The Balaban J connectivity index is 0.0000162. The van der Waals surface area contributed by atoms with E-state index in [9.17, 15) is 0 Å². The summed E-state index contributed by atoms with van der Waals surface area (Å²) in [4.78, 5) is 10.9. The van der Waals surface area contributed by atoms with Crippen molar-refractivity contribution in [2.24, 2.45) is 9.98 Å². The van der Waals surface area contributed by atoms with Crippen molar-refractivity contribution in [1.82, 2.24) is 0 Å². The predicted molar refractivity (Wildman–Crippen MR) is 253 cm³/mol. The second kappa shape index (κ2) is 38.2. The molecule has 0 unspecified atom stereocenters. The SMILES string of the molecule is CCCCCCCCCCCCCCCCC#Cc1ccc(/N=C(CCCC)/C(CCCCCCCC)=N/c2cc(CCCCC)cc(CCCCC)c2)cc1.[Pd]. The largest absolute Gasteiger partial charge is 0.252 e. The quantitative estimate of drug-likeness (QED) is 0.0285. The van der Waals surface area contributed by atoms with Crippen LogP contribution in [0.1, 0.15) is 250 Å². The van der Waals surface area contributed by atoms with Crippen molar-refractivity contribution in [3.8, 4) is 11.8 Å². The van der Waals surface area contributed by atoms with Gasteiger partial charge in [0.05, 0.1) is 22.8 Å². The molecule has 0 atom stereocenters. The molecular formula is C54H88N2Pd. The summed E-state index contributed by atoms with van der Waals surface area (Å²) in [5, 5.41) is 0. The van der Waals surface area contributed by atoms with E-state index in [4.69, 9.17) is 9.98 Å². The van der Waals surface area contributed by atoms with E-state index >= 15 is 0 Å². The number of aryl methyl sites for hydroxylation is 2. The van der Waals surface area contributed by atoms with Crippen molar-refractivity contribution in [1.29, 1.82) is 0 Å². The van der Waals surface area contributed by atoms with E-state index in [-0.39, 0.29) is 20.4 Å². The first kappa shape index (κ1) is 53.0. The molecule has 0 radical (unpaired) electrons. The molecule has 0 spiro atoms. The van der Waals surface area contributed by atoms with E-state index in [0.717, 1.165) is 61.9 Å². The third-order valence-electron chi connectivity index (χ3n) is 11.3. The van der Waals surface area contributed by atoms with Crippen LogP contribution in [0.4, 0.5) is 11.4 Å². The zero-order valence-electron chi connectivity index (χ0n) is 38.1. The van der Waals surface area contributed by atoms with Gasteiger partial charge in [0.15, 0.2) is 0 Å². The van der Waals surface area contributed by atoms with Crippen LogP contribution >= 0.6 is 0 Å². The number of hydrogen-bond acceptors (Lipinski definition) is 2. The number of unbranched alkanes of at least 4 members (excludes halogenated alkanes) is 24. The molecule has 0 aromatic heterocycles. The molecule has 0 amide bonds. The van der Waals surface area contributed by atoms with Gasteiger partial charge < -0.3 is 0 Å². The Bertz CT molecular complexity index is 1320. The van der Waals surface area contributed by atoms with E-state index in [1.807, 2.05) is 0 Å². The topological polar surface area (TPSA) is 24.7 Å². The van der Waals surface area contributed by atoms with Gasteiger partial charge in [-0.25, -0.2) is 0 Å². The van der Waals surface area contributed by atoms with E-state index in [2.05, 4.69) is 88.9 Å². The van der Waals surface area contributed by atoms with Crippen LogP contribution < -0.4 is 0 Å². The fourth-order valence-electron chi connectivity index (χ4n) is 7.70. The molecule has 0 N–H and O–H groups in total. The average molecular weight is 872 g/mol. The summed E-state index contributed by atoms with van der Waals surface area (Å²) in [7, 11) is 0. The fraction of sp³-hybridized carbons (Fsp3) is 0.704. The van der Waals surface area contributed by atoms with Crippen LogP contribution in [0.15, 0.2) is 52.4 Å². The molecule has 0 aliphatic carbocycles. The molecule has 2 nitrogen and oxygen atoms in total. The molecule has 0 saturated carbocycles. The van der Waals surface area contributed by atoms with Gasteiger partial charge in [-0.05, 0) is 105 Å². The predicted octanol–water partition coefficient (Wildman–Crippen LogP) is 18.2. The first-order chi connectivity index (χ1) is 27.6. The molecule has 0 aliphatic rings. The van der Waals surface area contributed by atoms with Gasteiger partial charge >= 0.3 is 0 Å². The maximum absolute atomic E-state index is 5.51. The first-order valence-electron chi connectivity index (χ1n) is 24.5. The average Bonchev–Trinajstić information content (AvgIpc) is 3.21. The zero-order valence-corrected chi connectivity index (χ0v) is 39.6. The van der Waals surface area contributed by atoms with Crippen molar-refractivity contribution < 1.29 is 20.4 Å².